The molecule has 0 radical (unpaired) electrons. The molecule has 0 bridgehead atoms. The Bertz CT molecular complexity index is 1710. The third-order valence-electron chi connectivity index (χ3n) is 7.04. The molecule has 2 aliphatic heterocycles. The Morgan fingerprint density at radius 2 is 1.30 bits per heavy atom. The van der Waals surface area contributed by atoms with Crippen molar-refractivity contribution in [2.24, 2.45) is 0 Å². The number of aromatic amines is 1. The SMILES string of the molecule is CC(=O)OC[C@H]1O[C@H](OC(=O)NS(=O)(=O)OC[C@H]2O[C@@H](n3ccc(=O)[nH]c3=O)[C@H](OC(C)C)[C@@H]2OC(C)C)[C@@H](OC(C)=O)[C@@H](OC(C)=O)[C@@H]1OC(C)=O. The Morgan fingerprint density at radius 3 is 1.85 bits per heavy atom. The van der Waals surface area contributed by atoms with Crippen molar-refractivity contribution in [1.29, 1.82) is 0 Å². The van der Waals surface area contributed by atoms with Gasteiger partial charge < -0.3 is 42.6 Å². The minimum atomic E-state index is -5.05. The van der Waals surface area contributed by atoms with Crippen LogP contribution in [0.15, 0.2) is 21.9 Å². The van der Waals surface area contributed by atoms with Crippen molar-refractivity contribution in [3.8, 4) is 0 Å². The van der Waals surface area contributed by atoms with Gasteiger partial charge in [-0.3, -0.25) is 37.7 Å². The fourth-order valence-corrected chi connectivity index (χ4v) is 5.96. The zero-order chi connectivity index (χ0) is 39.8. The number of aromatic nitrogens is 2. The van der Waals surface area contributed by atoms with Crippen LogP contribution in [0.5, 0.6) is 0 Å². The molecule has 2 saturated heterocycles. The number of amides is 1. The van der Waals surface area contributed by atoms with Gasteiger partial charge in [-0.25, -0.2) is 9.59 Å². The summed E-state index contributed by atoms with van der Waals surface area (Å²) in [5.74, 6) is -3.67. The van der Waals surface area contributed by atoms with E-state index in [2.05, 4.69) is 4.98 Å². The lowest BCUT2D eigenvalue weighted by molar-refractivity contribution is -0.294. The minimum Gasteiger partial charge on any atom is -0.463 e. The molecule has 0 aliphatic carbocycles. The fourth-order valence-electron chi connectivity index (χ4n) is 5.33. The Balaban J connectivity index is 1.84. The average Bonchev–Trinajstić information content (AvgIpc) is 3.32. The lowest BCUT2D eigenvalue weighted by atomic mass is 9.98. The van der Waals surface area contributed by atoms with Gasteiger partial charge in [-0.05, 0) is 27.7 Å². The highest BCUT2D eigenvalue weighted by Crippen LogP contribution is 2.35. The van der Waals surface area contributed by atoms with Crippen molar-refractivity contribution in [3.63, 3.8) is 0 Å². The molecule has 0 spiro atoms. The Kier molecular flexibility index (Phi) is 15.1. The number of H-pyrrole nitrogens is 1. The van der Waals surface area contributed by atoms with Crippen molar-refractivity contribution in [2.45, 2.75) is 123 Å². The zero-order valence-electron chi connectivity index (χ0n) is 30.0. The number of ether oxygens (including phenoxy) is 9. The summed E-state index contributed by atoms with van der Waals surface area (Å²) in [5, 5.41) is 0. The zero-order valence-corrected chi connectivity index (χ0v) is 30.8. The quantitative estimate of drug-likeness (QED) is 0.161. The third-order valence-corrected chi connectivity index (χ3v) is 7.90. The van der Waals surface area contributed by atoms with Crippen molar-refractivity contribution < 1.29 is 79.2 Å². The summed E-state index contributed by atoms with van der Waals surface area (Å²) >= 11 is 0. The maximum Gasteiger partial charge on any atom is 0.425 e. The van der Waals surface area contributed by atoms with Crippen LogP contribution in [0, 0.1) is 0 Å². The first-order valence-corrected chi connectivity index (χ1v) is 17.5. The van der Waals surface area contributed by atoms with Gasteiger partial charge in [0.05, 0.1) is 18.8 Å². The molecule has 0 saturated carbocycles. The number of rotatable bonds is 15. The number of esters is 4. The van der Waals surface area contributed by atoms with E-state index in [-0.39, 0.29) is 0 Å². The van der Waals surface area contributed by atoms with Gasteiger partial charge in [0.2, 0.25) is 12.4 Å². The van der Waals surface area contributed by atoms with E-state index in [4.69, 9.17) is 46.8 Å². The monoisotopic (exact) mass is 781 g/mol. The molecule has 298 valence electrons. The van der Waals surface area contributed by atoms with E-state index >= 15 is 0 Å². The molecule has 2 aliphatic rings. The van der Waals surface area contributed by atoms with Crippen LogP contribution < -0.4 is 16.0 Å². The first-order chi connectivity index (χ1) is 24.7. The molecular formula is C30H43N3O19S. The largest absolute Gasteiger partial charge is 0.463 e. The Hall–Kier alpha value is -4.42. The van der Waals surface area contributed by atoms with Crippen LogP contribution in [-0.2, 0) is 76.3 Å². The minimum absolute atomic E-state index is 0.432. The molecule has 3 rings (SSSR count). The molecule has 1 amide bonds. The lowest BCUT2D eigenvalue weighted by Gasteiger charge is -2.43. The molecular weight excluding hydrogens is 738 g/mol. The maximum absolute atomic E-state index is 13.0. The second kappa shape index (κ2) is 18.6. The van der Waals surface area contributed by atoms with E-state index in [0.29, 0.717) is 0 Å². The molecule has 1 aromatic heterocycles. The van der Waals surface area contributed by atoms with Crippen molar-refractivity contribution in [3.05, 3.63) is 33.1 Å². The third kappa shape index (κ3) is 12.6. The second-order valence-corrected chi connectivity index (χ2v) is 13.5. The van der Waals surface area contributed by atoms with Crippen LogP contribution in [0.25, 0.3) is 0 Å². The predicted octanol–water partition coefficient (Wildman–Crippen LogP) is -0.908. The fraction of sp³-hybridized carbons (Fsp3) is 0.700. The summed E-state index contributed by atoms with van der Waals surface area (Å²) in [4.78, 5) is 86.9. The number of carbonyl (C=O) groups is 5. The van der Waals surface area contributed by atoms with Crippen molar-refractivity contribution >= 4 is 40.3 Å². The van der Waals surface area contributed by atoms with Gasteiger partial charge in [0, 0.05) is 40.0 Å². The molecule has 22 nitrogen and oxygen atoms in total. The first kappa shape index (κ1) is 43.0. The van der Waals surface area contributed by atoms with Crippen LogP contribution in [0.4, 0.5) is 4.79 Å². The molecule has 23 heteroatoms. The van der Waals surface area contributed by atoms with E-state index in [9.17, 15) is 42.0 Å². The molecule has 2 N–H and O–H groups in total. The van der Waals surface area contributed by atoms with Gasteiger partial charge in [-0.15, -0.1) is 0 Å². The molecule has 0 aromatic carbocycles. The van der Waals surface area contributed by atoms with Crippen LogP contribution in [0.1, 0.15) is 61.6 Å². The molecule has 53 heavy (non-hydrogen) atoms. The van der Waals surface area contributed by atoms with Crippen LogP contribution in [-0.4, -0.2) is 122 Å². The highest BCUT2D eigenvalue weighted by Gasteiger charge is 2.54. The Morgan fingerprint density at radius 1 is 0.755 bits per heavy atom. The summed E-state index contributed by atoms with van der Waals surface area (Å²) < 4.78 is 82.8. The highest BCUT2D eigenvalue weighted by molar-refractivity contribution is 7.85. The summed E-state index contributed by atoms with van der Waals surface area (Å²) in [5.41, 5.74) is -1.52. The van der Waals surface area contributed by atoms with Crippen molar-refractivity contribution in [2.75, 3.05) is 13.2 Å². The van der Waals surface area contributed by atoms with Gasteiger partial charge >= 0.3 is 46.0 Å². The van der Waals surface area contributed by atoms with E-state index < -0.39 is 132 Å². The predicted molar refractivity (Wildman–Crippen MR) is 172 cm³/mol. The van der Waals surface area contributed by atoms with Crippen LogP contribution >= 0.6 is 0 Å². The first-order valence-electron chi connectivity index (χ1n) is 16.1. The van der Waals surface area contributed by atoms with Gasteiger partial charge in [-0.2, -0.15) is 13.1 Å². The van der Waals surface area contributed by atoms with Gasteiger partial charge in [0.25, 0.3) is 5.56 Å². The number of carbonyl (C=O) groups excluding carboxylic acids is 5. The van der Waals surface area contributed by atoms with Gasteiger partial charge in [-0.1, -0.05) is 0 Å². The summed E-state index contributed by atoms with van der Waals surface area (Å²) in [7, 11) is -5.05. The van der Waals surface area contributed by atoms with E-state index in [1.54, 1.807) is 27.7 Å². The number of nitrogens with one attached hydrogen (secondary N) is 2. The molecule has 2 fully saturated rings. The molecule has 1 aromatic rings. The van der Waals surface area contributed by atoms with Gasteiger partial charge in [0.1, 0.15) is 31.0 Å². The standard InChI is InChI=1S/C30H43N3O19S/c1-13(2)45-23-20(50-27(25(23)46-14(3)4)33-10-9-21(38)31-29(33)39)12-44-53(41,42)32-30(40)52-28-26(49-18(8)37)24(48-17(7)36)22(47-16(6)35)19(51-28)11-43-15(5)34/h9-10,13-14,19-20,22-28H,11-12H2,1-8H3,(H,32,40)(H,31,38,39)/t19-,20-,22-,23-,24+,25-,26+,27-,28-/m1/s1. The normalized spacial score (nSPS) is 27.2. The van der Waals surface area contributed by atoms with Crippen LogP contribution in [0.2, 0.25) is 0 Å². The van der Waals surface area contributed by atoms with E-state index in [0.717, 1.165) is 38.3 Å². The second-order valence-electron chi connectivity index (χ2n) is 12.2. The van der Waals surface area contributed by atoms with E-state index in [1.165, 1.54) is 10.9 Å². The smallest absolute Gasteiger partial charge is 0.425 e. The number of hydrogen-bond acceptors (Lipinski definition) is 19. The summed E-state index contributed by atoms with van der Waals surface area (Å²) in [6.07, 6.45) is -14.6. The number of hydrogen-bond donors (Lipinski definition) is 2. The van der Waals surface area contributed by atoms with Crippen LogP contribution in [0.3, 0.4) is 0 Å². The Labute approximate surface area is 302 Å². The maximum atomic E-state index is 13.0. The highest BCUT2D eigenvalue weighted by atomic mass is 32.2. The molecule has 0 unspecified atom stereocenters. The topological polar surface area (TPSA) is 279 Å². The summed E-state index contributed by atoms with van der Waals surface area (Å²) in [6, 6.07) is 1.07. The molecule has 9 atom stereocenters. The van der Waals surface area contributed by atoms with Crippen molar-refractivity contribution in [1.82, 2.24) is 14.3 Å². The van der Waals surface area contributed by atoms with E-state index in [1.807, 2.05) is 0 Å². The summed E-state index contributed by atoms with van der Waals surface area (Å²) in [6.45, 7) is 9.31. The lowest BCUT2D eigenvalue weighted by Crippen LogP contribution is -2.63. The number of nitrogens with zero attached hydrogens (tertiary/aromatic N) is 1. The van der Waals surface area contributed by atoms with Gasteiger partial charge in [0.15, 0.2) is 18.4 Å². The molecule has 3 heterocycles. The average molecular weight is 782 g/mol.